The molecule has 0 saturated carbocycles. The molecule has 2 heteroatoms. The topological polar surface area (TPSA) is 9.23 Å². The van der Waals surface area contributed by atoms with E-state index in [2.05, 4.69) is 13.5 Å². The zero-order chi connectivity index (χ0) is 6.41. The van der Waals surface area contributed by atoms with E-state index in [-0.39, 0.29) is 0 Å². The van der Waals surface area contributed by atoms with Crippen LogP contribution in [-0.2, 0) is 4.43 Å². The van der Waals surface area contributed by atoms with Crippen molar-refractivity contribution >= 4 is 9.76 Å². The van der Waals surface area contributed by atoms with Gasteiger partial charge in [0, 0.05) is 6.61 Å². The van der Waals surface area contributed by atoms with E-state index in [9.17, 15) is 0 Å². The molecule has 0 N–H and O–H groups in total. The summed E-state index contributed by atoms with van der Waals surface area (Å²) in [4.78, 5) is 0. The van der Waals surface area contributed by atoms with E-state index in [4.69, 9.17) is 4.43 Å². The van der Waals surface area contributed by atoms with Gasteiger partial charge in [-0.1, -0.05) is 13.0 Å². The summed E-state index contributed by atoms with van der Waals surface area (Å²) in [5, 5.41) is 0. The Morgan fingerprint density at radius 2 is 2.50 bits per heavy atom. The first kappa shape index (κ1) is 7.92. The second-order valence-corrected chi connectivity index (χ2v) is 3.01. The van der Waals surface area contributed by atoms with Crippen molar-refractivity contribution in [3.05, 3.63) is 12.7 Å². The van der Waals surface area contributed by atoms with Crippen LogP contribution in [-0.4, -0.2) is 16.4 Å². The van der Waals surface area contributed by atoms with Crippen LogP contribution in [0.5, 0.6) is 0 Å². The molecule has 0 aromatic heterocycles. The Hall–Kier alpha value is -0.0831. The first-order valence-electron chi connectivity index (χ1n) is 2.81. The van der Waals surface area contributed by atoms with Crippen molar-refractivity contribution in [2.75, 3.05) is 6.61 Å². The monoisotopic (exact) mass is 128 g/mol. The van der Waals surface area contributed by atoms with E-state index < -0.39 is 0 Å². The van der Waals surface area contributed by atoms with Crippen molar-refractivity contribution in [3.8, 4) is 0 Å². The van der Waals surface area contributed by atoms with Crippen LogP contribution in [0, 0.1) is 0 Å². The van der Waals surface area contributed by atoms with Gasteiger partial charge in [-0.15, -0.1) is 6.58 Å². The first-order chi connectivity index (χ1) is 3.81. The summed E-state index contributed by atoms with van der Waals surface area (Å²) in [6.45, 7) is 8.56. The molecule has 46 valence electrons. The molecule has 2 radical (unpaired) electrons. The fraction of sp³-hybridized carbons (Fsp3) is 0.667. The zero-order valence-electron chi connectivity index (χ0n) is 5.48. The predicted molar refractivity (Wildman–Crippen MR) is 37.0 cm³/mol. The molecular weight excluding hydrogens is 116 g/mol. The van der Waals surface area contributed by atoms with Gasteiger partial charge in [-0.25, -0.2) is 0 Å². The third-order valence-electron chi connectivity index (χ3n) is 0.767. The van der Waals surface area contributed by atoms with Crippen molar-refractivity contribution in [3.63, 3.8) is 0 Å². The van der Waals surface area contributed by atoms with Gasteiger partial charge in [0.2, 0.25) is 9.76 Å². The Morgan fingerprint density at radius 3 is 2.88 bits per heavy atom. The van der Waals surface area contributed by atoms with Gasteiger partial charge >= 0.3 is 0 Å². The lowest BCUT2D eigenvalue weighted by Crippen LogP contribution is -2.01. The molecule has 0 heterocycles. The number of allylic oxidation sites excluding steroid dienone is 1. The standard InChI is InChI=1S/C6H12OSi/c1-4-6(3)8-7-5-2/h4,6H,1,5H2,2-3H3. The highest BCUT2D eigenvalue weighted by atomic mass is 28.2. The molecule has 0 fully saturated rings. The largest absolute Gasteiger partial charge is 0.417 e. The van der Waals surface area contributed by atoms with Gasteiger partial charge in [0.1, 0.15) is 0 Å². The third kappa shape index (κ3) is 4.09. The molecule has 0 rings (SSSR count). The Morgan fingerprint density at radius 1 is 1.88 bits per heavy atom. The lowest BCUT2D eigenvalue weighted by molar-refractivity contribution is 0.357. The molecule has 0 spiro atoms. The second-order valence-electron chi connectivity index (χ2n) is 1.58. The molecule has 0 aromatic carbocycles. The van der Waals surface area contributed by atoms with Crippen LogP contribution in [0.2, 0.25) is 5.54 Å². The molecule has 1 atom stereocenters. The van der Waals surface area contributed by atoms with Gasteiger partial charge in [-0.05, 0) is 12.5 Å². The molecule has 0 aliphatic carbocycles. The molecule has 0 aliphatic heterocycles. The highest BCUT2D eigenvalue weighted by Crippen LogP contribution is 1.99. The van der Waals surface area contributed by atoms with Crippen molar-refractivity contribution in [2.45, 2.75) is 19.4 Å². The minimum atomic E-state index is 0.523. The predicted octanol–water partition coefficient (Wildman–Crippen LogP) is 1.64. The molecule has 1 nitrogen and oxygen atoms in total. The van der Waals surface area contributed by atoms with E-state index in [1.807, 2.05) is 13.0 Å². The summed E-state index contributed by atoms with van der Waals surface area (Å²) in [7, 11) is 0.588. The molecule has 0 bridgehead atoms. The fourth-order valence-corrected chi connectivity index (χ4v) is 0.789. The summed E-state index contributed by atoms with van der Waals surface area (Å²) < 4.78 is 5.14. The van der Waals surface area contributed by atoms with E-state index in [0.717, 1.165) is 6.61 Å². The van der Waals surface area contributed by atoms with Crippen LogP contribution >= 0.6 is 0 Å². The fourth-order valence-electron chi connectivity index (χ4n) is 0.263. The Kier molecular flexibility index (Phi) is 5.01. The van der Waals surface area contributed by atoms with Crippen LogP contribution in [0.3, 0.4) is 0 Å². The van der Waals surface area contributed by atoms with E-state index in [1.54, 1.807) is 0 Å². The highest BCUT2D eigenvalue weighted by molar-refractivity contribution is 6.30. The van der Waals surface area contributed by atoms with Gasteiger partial charge in [0.25, 0.3) is 0 Å². The van der Waals surface area contributed by atoms with E-state index in [0.29, 0.717) is 15.3 Å². The Labute approximate surface area is 53.7 Å². The van der Waals surface area contributed by atoms with Gasteiger partial charge in [0.05, 0.1) is 0 Å². The summed E-state index contributed by atoms with van der Waals surface area (Å²) >= 11 is 0. The van der Waals surface area contributed by atoms with Gasteiger partial charge in [-0.2, -0.15) is 0 Å². The zero-order valence-corrected chi connectivity index (χ0v) is 6.48. The molecule has 0 aliphatic rings. The maximum atomic E-state index is 5.14. The van der Waals surface area contributed by atoms with Gasteiger partial charge in [-0.3, -0.25) is 0 Å². The molecule has 0 aromatic rings. The average Bonchev–Trinajstić information content (AvgIpc) is 1.83. The van der Waals surface area contributed by atoms with Crippen molar-refractivity contribution < 1.29 is 4.43 Å². The molecular formula is C6H12OSi. The second kappa shape index (κ2) is 5.06. The minimum absolute atomic E-state index is 0.523. The van der Waals surface area contributed by atoms with E-state index in [1.165, 1.54) is 0 Å². The summed E-state index contributed by atoms with van der Waals surface area (Å²) in [6, 6.07) is 0. The van der Waals surface area contributed by atoms with Crippen molar-refractivity contribution in [1.29, 1.82) is 0 Å². The summed E-state index contributed by atoms with van der Waals surface area (Å²) in [6.07, 6.45) is 1.91. The SMILES string of the molecule is C=CC(C)[Si]OCC. The van der Waals surface area contributed by atoms with Crippen molar-refractivity contribution in [2.24, 2.45) is 0 Å². The van der Waals surface area contributed by atoms with Crippen LogP contribution in [0.15, 0.2) is 12.7 Å². The molecule has 0 amide bonds. The van der Waals surface area contributed by atoms with Crippen LogP contribution < -0.4 is 0 Å². The normalized spacial score (nSPS) is 13.2. The molecule has 8 heavy (non-hydrogen) atoms. The van der Waals surface area contributed by atoms with Crippen LogP contribution in [0.4, 0.5) is 0 Å². The van der Waals surface area contributed by atoms with Crippen molar-refractivity contribution in [1.82, 2.24) is 0 Å². The summed E-state index contributed by atoms with van der Waals surface area (Å²) in [5.74, 6) is 0. The minimum Gasteiger partial charge on any atom is -0.417 e. The van der Waals surface area contributed by atoms with Gasteiger partial charge in [0.15, 0.2) is 0 Å². The number of hydrogen-bond donors (Lipinski definition) is 0. The molecule has 1 unspecified atom stereocenters. The number of rotatable bonds is 4. The lowest BCUT2D eigenvalue weighted by atomic mass is 10.5. The first-order valence-corrected chi connectivity index (χ1v) is 3.79. The maximum Gasteiger partial charge on any atom is 0.236 e. The highest BCUT2D eigenvalue weighted by Gasteiger charge is 1.95. The Bertz CT molecular complexity index is 63.5. The Balaban J connectivity index is 2.98. The quantitative estimate of drug-likeness (QED) is 0.413. The molecule has 0 saturated heterocycles. The maximum absolute atomic E-state index is 5.14. The van der Waals surface area contributed by atoms with Crippen LogP contribution in [0.1, 0.15) is 13.8 Å². The van der Waals surface area contributed by atoms with Gasteiger partial charge < -0.3 is 4.43 Å². The average molecular weight is 128 g/mol. The number of hydrogen-bond acceptors (Lipinski definition) is 1. The van der Waals surface area contributed by atoms with E-state index >= 15 is 0 Å². The van der Waals surface area contributed by atoms with Crippen LogP contribution in [0.25, 0.3) is 0 Å². The summed E-state index contributed by atoms with van der Waals surface area (Å²) in [5.41, 5.74) is 0.523. The smallest absolute Gasteiger partial charge is 0.236 e. The third-order valence-corrected chi connectivity index (χ3v) is 1.83. The lowest BCUT2D eigenvalue weighted by Gasteiger charge is -2.00.